The highest BCUT2D eigenvalue weighted by molar-refractivity contribution is 5.29. The monoisotopic (exact) mass is 274 g/mol. The summed E-state index contributed by atoms with van der Waals surface area (Å²) in [6.45, 7) is 6.60. The van der Waals surface area contributed by atoms with Gasteiger partial charge >= 0.3 is 0 Å². The summed E-state index contributed by atoms with van der Waals surface area (Å²) in [7, 11) is 1.75. The molecule has 0 fully saturated rings. The van der Waals surface area contributed by atoms with Crippen LogP contribution in [0, 0.1) is 0 Å². The third-order valence-corrected chi connectivity index (χ3v) is 3.32. The molecule has 0 spiro atoms. The molecule has 0 aliphatic rings. The molecule has 2 rings (SSSR count). The van der Waals surface area contributed by atoms with E-state index in [0.717, 1.165) is 5.56 Å². The third kappa shape index (κ3) is 3.40. The van der Waals surface area contributed by atoms with E-state index in [1.807, 2.05) is 0 Å². The minimum Gasteiger partial charge on any atom is -0.271 e. The van der Waals surface area contributed by atoms with Gasteiger partial charge in [-0.05, 0) is 21.8 Å². The first kappa shape index (κ1) is 14.6. The van der Waals surface area contributed by atoms with Crippen molar-refractivity contribution in [3.05, 3.63) is 41.2 Å². The Morgan fingerprint density at radius 3 is 2.35 bits per heavy atom. The van der Waals surface area contributed by atoms with E-state index >= 15 is 0 Å². The van der Waals surface area contributed by atoms with Crippen molar-refractivity contribution in [2.75, 3.05) is 0 Å². The maximum atomic E-state index is 5.65. The summed E-state index contributed by atoms with van der Waals surface area (Å²) in [5.74, 6) is 6.33. The van der Waals surface area contributed by atoms with E-state index in [4.69, 9.17) is 5.84 Å². The van der Waals surface area contributed by atoms with Crippen molar-refractivity contribution in [1.82, 2.24) is 25.6 Å². The zero-order chi connectivity index (χ0) is 14.8. The predicted octanol–water partition coefficient (Wildman–Crippen LogP) is 1.25. The molecule has 108 valence electrons. The fraction of sp³-hybridized carbons (Fsp3) is 0.500. The Balaban J connectivity index is 2.15. The molecule has 1 aromatic carbocycles. The van der Waals surface area contributed by atoms with E-state index in [1.54, 1.807) is 7.05 Å². The molecule has 0 aliphatic heterocycles. The molecular weight excluding hydrogens is 252 g/mol. The quantitative estimate of drug-likeness (QED) is 0.648. The second-order valence-electron chi connectivity index (χ2n) is 5.99. The van der Waals surface area contributed by atoms with E-state index in [9.17, 15) is 0 Å². The van der Waals surface area contributed by atoms with Gasteiger partial charge in [0.25, 0.3) is 0 Å². The molecule has 0 bridgehead atoms. The van der Waals surface area contributed by atoms with E-state index in [-0.39, 0.29) is 11.5 Å². The van der Waals surface area contributed by atoms with Crippen LogP contribution in [0.2, 0.25) is 0 Å². The zero-order valence-electron chi connectivity index (χ0n) is 12.5. The van der Waals surface area contributed by atoms with Gasteiger partial charge in [0.15, 0.2) is 5.82 Å². The normalized spacial score (nSPS) is 13.4. The van der Waals surface area contributed by atoms with Crippen molar-refractivity contribution in [1.29, 1.82) is 0 Å². The van der Waals surface area contributed by atoms with Crippen molar-refractivity contribution < 1.29 is 0 Å². The van der Waals surface area contributed by atoms with Crippen molar-refractivity contribution in [2.24, 2.45) is 12.9 Å². The van der Waals surface area contributed by atoms with Gasteiger partial charge in [-0.2, -0.15) is 4.80 Å². The Morgan fingerprint density at radius 1 is 1.25 bits per heavy atom. The minimum atomic E-state index is -0.0202. The summed E-state index contributed by atoms with van der Waals surface area (Å²) in [6, 6.07) is 8.46. The standard InChI is InChI=1S/C14H22N6/c1-14(2,3)11-7-5-10(6-8-11)12(16-15)9-13-17-19-20(4)18-13/h5-8,12,16H,9,15H2,1-4H3. The molecule has 0 saturated carbocycles. The number of rotatable bonds is 4. The zero-order valence-corrected chi connectivity index (χ0v) is 12.5. The average molecular weight is 274 g/mol. The number of hydrazine groups is 1. The first-order valence-electron chi connectivity index (χ1n) is 6.69. The molecule has 0 radical (unpaired) electrons. The van der Waals surface area contributed by atoms with Crippen LogP contribution in [0.1, 0.15) is 43.8 Å². The fourth-order valence-corrected chi connectivity index (χ4v) is 2.08. The van der Waals surface area contributed by atoms with E-state index in [2.05, 4.69) is 65.9 Å². The number of tetrazole rings is 1. The van der Waals surface area contributed by atoms with Crippen LogP contribution in [0.5, 0.6) is 0 Å². The molecular formula is C14H22N6. The number of benzene rings is 1. The van der Waals surface area contributed by atoms with Gasteiger partial charge in [-0.15, -0.1) is 10.2 Å². The van der Waals surface area contributed by atoms with Gasteiger partial charge in [0.05, 0.1) is 13.1 Å². The Bertz CT molecular complexity index is 552. The van der Waals surface area contributed by atoms with Crippen LogP contribution in [0.4, 0.5) is 0 Å². The molecule has 6 nitrogen and oxygen atoms in total. The lowest BCUT2D eigenvalue weighted by molar-refractivity contribution is 0.534. The van der Waals surface area contributed by atoms with Crippen LogP contribution < -0.4 is 11.3 Å². The molecule has 1 aromatic heterocycles. The Kier molecular flexibility index (Phi) is 4.15. The van der Waals surface area contributed by atoms with Gasteiger partial charge < -0.3 is 0 Å². The lowest BCUT2D eigenvalue weighted by Gasteiger charge is -2.21. The van der Waals surface area contributed by atoms with Gasteiger partial charge in [0.2, 0.25) is 0 Å². The average Bonchev–Trinajstić information content (AvgIpc) is 2.81. The van der Waals surface area contributed by atoms with Crippen molar-refractivity contribution in [3.63, 3.8) is 0 Å². The van der Waals surface area contributed by atoms with Gasteiger partial charge in [0, 0.05) is 6.42 Å². The van der Waals surface area contributed by atoms with E-state index < -0.39 is 0 Å². The topological polar surface area (TPSA) is 81.7 Å². The summed E-state index contributed by atoms with van der Waals surface area (Å²) in [6.07, 6.45) is 0.610. The summed E-state index contributed by atoms with van der Waals surface area (Å²) in [4.78, 5) is 1.45. The summed E-state index contributed by atoms with van der Waals surface area (Å²) in [5, 5.41) is 12.0. The number of nitrogens with one attached hydrogen (secondary N) is 1. The molecule has 20 heavy (non-hydrogen) atoms. The van der Waals surface area contributed by atoms with Gasteiger partial charge in [0.1, 0.15) is 0 Å². The number of aryl methyl sites for hydroxylation is 1. The van der Waals surface area contributed by atoms with Crippen LogP contribution in [-0.2, 0) is 18.9 Å². The lowest BCUT2D eigenvalue weighted by atomic mass is 9.86. The molecule has 6 heteroatoms. The summed E-state index contributed by atoms with van der Waals surface area (Å²) < 4.78 is 0. The molecule has 1 heterocycles. The highest BCUT2D eigenvalue weighted by Gasteiger charge is 2.16. The summed E-state index contributed by atoms with van der Waals surface area (Å²) >= 11 is 0. The van der Waals surface area contributed by atoms with Gasteiger partial charge in [-0.25, -0.2) is 0 Å². The Labute approximate surface area is 119 Å². The molecule has 3 N–H and O–H groups in total. The van der Waals surface area contributed by atoms with Crippen LogP contribution in [0.3, 0.4) is 0 Å². The fourth-order valence-electron chi connectivity index (χ4n) is 2.08. The molecule has 0 amide bonds. The number of hydrogen-bond donors (Lipinski definition) is 2. The highest BCUT2D eigenvalue weighted by atomic mass is 15.6. The highest BCUT2D eigenvalue weighted by Crippen LogP contribution is 2.24. The van der Waals surface area contributed by atoms with Gasteiger partial charge in [-0.1, -0.05) is 45.0 Å². The molecule has 1 atom stereocenters. The summed E-state index contributed by atoms with van der Waals surface area (Å²) in [5.41, 5.74) is 5.39. The first-order valence-corrected chi connectivity index (χ1v) is 6.69. The van der Waals surface area contributed by atoms with Crippen molar-refractivity contribution >= 4 is 0 Å². The second kappa shape index (κ2) is 5.68. The molecule has 2 aromatic rings. The number of hydrogen-bond acceptors (Lipinski definition) is 5. The molecule has 0 saturated heterocycles. The Morgan fingerprint density at radius 2 is 1.90 bits per heavy atom. The van der Waals surface area contributed by atoms with E-state index in [0.29, 0.717) is 12.2 Å². The molecule has 1 unspecified atom stereocenters. The van der Waals surface area contributed by atoms with Crippen molar-refractivity contribution in [2.45, 2.75) is 38.6 Å². The SMILES string of the molecule is Cn1nnc(CC(NN)c2ccc(C(C)(C)C)cc2)n1. The maximum Gasteiger partial charge on any atom is 0.176 e. The Hall–Kier alpha value is -1.79. The van der Waals surface area contributed by atoms with Crippen LogP contribution in [0.15, 0.2) is 24.3 Å². The van der Waals surface area contributed by atoms with E-state index in [1.165, 1.54) is 10.4 Å². The van der Waals surface area contributed by atoms with Crippen LogP contribution in [-0.4, -0.2) is 20.2 Å². The predicted molar refractivity (Wildman–Crippen MR) is 77.7 cm³/mol. The second-order valence-corrected chi connectivity index (χ2v) is 5.99. The van der Waals surface area contributed by atoms with Crippen LogP contribution >= 0.6 is 0 Å². The first-order chi connectivity index (χ1) is 9.40. The minimum absolute atomic E-state index is 0.0202. The number of nitrogens with zero attached hydrogens (tertiary/aromatic N) is 4. The maximum absolute atomic E-state index is 5.65. The van der Waals surface area contributed by atoms with Crippen molar-refractivity contribution in [3.8, 4) is 0 Å². The van der Waals surface area contributed by atoms with Gasteiger partial charge in [-0.3, -0.25) is 11.3 Å². The van der Waals surface area contributed by atoms with Crippen LogP contribution in [0.25, 0.3) is 0 Å². The third-order valence-electron chi connectivity index (χ3n) is 3.32. The number of nitrogens with two attached hydrogens (primary N) is 1. The lowest BCUT2D eigenvalue weighted by Crippen LogP contribution is -2.30. The smallest absolute Gasteiger partial charge is 0.176 e. The largest absolute Gasteiger partial charge is 0.271 e. The molecule has 0 aliphatic carbocycles. The number of aromatic nitrogens is 4.